The fourth-order valence-corrected chi connectivity index (χ4v) is 7.82. The van der Waals surface area contributed by atoms with Gasteiger partial charge in [-0.1, -0.05) is 67.7 Å². The third-order valence-corrected chi connectivity index (χ3v) is 11.6. The third kappa shape index (κ3) is 6.06. The Morgan fingerprint density at radius 1 is 0.629 bits per heavy atom. The van der Waals surface area contributed by atoms with Crippen molar-refractivity contribution in [2.75, 3.05) is 0 Å². The molecule has 4 nitrogen and oxygen atoms in total. The van der Waals surface area contributed by atoms with Crippen LogP contribution >= 0.6 is 0 Å². The Bertz CT molecular complexity index is 996. The van der Waals surface area contributed by atoms with E-state index in [0.29, 0.717) is 11.1 Å². The van der Waals surface area contributed by atoms with Crippen LogP contribution in [0.25, 0.3) is 0 Å². The van der Waals surface area contributed by atoms with Gasteiger partial charge >= 0.3 is 0 Å². The second-order valence-corrected chi connectivity index (χ2v) is 16.3. The van der Waals surface area contributed by atoms with Crippen LogP contribution < -0.4 is 5.19 Å². The van der Waals surface area contributed by atoms with Gasteiger partial charge in [0.05, 0.1) is 19.2 Å². The highest BCUT2D eigenvalue weighted by molar-refractivity contribution is 6.90. The molecule has 2 aromatic rings. The van der Waals surface area contributed by atoms with Gasteiger partial charge in [-0.2, -0.15) is 0 Å². The molecular formula is C30H46N2O2Si. The largest absolute Gasteiger partial charge is 0.334 e. The molecule has 0 radical (unpaired) electrons. The number of amides is 2. The lowest BCUT2D eigenvalue weighted by Crippen LogP contribution is -2.49. The Balaban J connectivity index is 2.81. The number of carbonyl (C=O) groups excluding carboxylic acids is 2. The molecule has 1 atom stereocenters. The summed E-state index contributed by atoms with van der Waals surface area (Å²) in [7, 11) is -2.01. The lowest BCUT2D eigenvalue weighted by Gasteiger charge is -2.37. The van der Waals surface area contributed by atoms with E-state index in [0.717, 1.165) is 5.56 Å². The predicted molar refractivity (Wildman–Crippen MR) is 151 cm³/mol. The second-order valence-electron chi connectivity index (χ2n) is 11.4. The Morgan fingerprint density at radius 2 is 1.09 bits per heavy atom. The molecule has 0 fully saturated rings. The Labute approximate surface area is 214 Å². The van der Waals surface area contributed by atoms with Crippen LogP contribution in [0.1, 0.15) is 94.1 Å². The van der Waals surface area contributed by atoms with Crippen molar-refractivity contribution in [1.82, 2.24) is 9.80 Å². The molecule has 0 aromatic heterocycles. The molecule has 5 heteroatoms. The Morgan fingerprint density at radius 3 is 1.54 bits per heavy atom. The number of carbonyl (C=O) groups is 2. The molecule has 0 aliphatic heterocycles. The summed E-state index contributed by atoms with van der Waals surface area (Å²) >= 11 is 0. The molecule has 35 heavy (non-hydrogen) atoms. The summed E-state index contributed by atoms with van der Waals surface area (Å²) in [5, 5.41) is 1.35. The molecule has 0 aliphatic carbocycles. The van der Waals surface area contributed by atoms with E-state index < -0.39 is 8.07 Å². The zero-order valence-electron chi connectivity index (χ0n) is 23.7. The average molecular weight is 495 g/mol. The molecular weight excluding hydrogens is 448 g/mol. The van der Waals surface area contributed by atoms with E-state index in [1.807, 2.05) is 83.4 Å². The molecule has 0 aliphatic rings. The van der Waals surface area contributed by atoms with E-state index in [4.69, 9.17) is 0 Å². The summed E-state index contributed by atoms with van der Waals surface area (Å²) in [5.74, 6) is -0.120. The van der Waals surface area contributed by atoms with E-state index in [1.165, 1.54) is 5.19 Å². The van der Waals surface area contributed by atoms with Crippen molar-refractivity contribution in [3.8, 4) is 0 Å². The van der Waals surface area contributed by atoms with E-state index in [9.17, 15) is 9.59 Å². The summed E-state index contributed by atoms with van der Waals surface area (Å²) in [6.45, 7) is 23.3. The van der Waals surface area contributed by atoms with Crippen LogP contribution in [-0.4, -0.2) is 53.9 Å². The van der Waals surface area contributed by atoms with Crippen LogP contribution in [0.5, 0.6) is 0 Å². The molecule has 0 spiro atoms. The fraction of sp³-hybridized carbons (Fsp3) is 0.533. The number of rotatable bonds is 9. The van der Waals surface area contributed by atoms with Gasteiger partial charge in [0.25, 0.3) is 11.8 Å². The van der Waals surface area contributed by atoms with Gasteiger partial charge < -0.3 is 9.80 Å². The van der Waals surface area contributed by atoms with Crippen molar-refractivity contribution in [3.63, 3.8) is 0 Å². The highest BCUT2D eigenvalue weighted by Crippen LogP contribution is 2.33. The molecule has 0 saturated heterocycles. The van der Waals surface area contributed by atoms with Crippen LogP contribution in [0.2, 0.25) is 13.1 Å². The highest BCUT2D eigenvalue weighted by atomic mass is 28.3. The first-order chi connectivity index (χ1) is 16.2. The summed E-state index contributed by atoms with van der Waals surface area (Å²) in [6.07, 6.45) is 0. The van der Waals surface area contributed by atoms with Crippen molar-refractivity contribution >= 4 is 25.1 Å². The lowest BCUT2D eigenvalue weighted by molar-refractivity contribution is 0.0599. The van der Waals surface area contributed by atoms with Crippen LogP contribution in [0.15, 0.2) is 48.5 Å². The first kappa shape index (κ1) is 28.8. The first-order valence-electron chi connectivity index (χ1n) is 13.1. The average Bonchev–Trinajstić information content (AvgIpc) is 2.77. The molecule has 0 heterocycles. The predicted octanol–water partition coefficient (Wildman–Crippen LogP) is 6.46. The van der Waals surface area contributed by atoms with Gasteiger partial charge in [-0.15, -0.1) is 0 Å². The zero-order chi connectivity index (χ0) is 26.7. The van der Waals surface area contributed by atoms with Crippen molar-refractivity contribution in [3.05, 3.63) is 65.2 Å². The number of nitrogens with zero attached hydrogens (tertiary/aromatic N) is 2. The summed E-state index contributed by atoms with van der Waals surface area (Å²) in [4.78, 5) is 32.0. The number of hydrogen-bond donors (Lipinski definition) is 0. The first-order valence-corrected chi connectivity index (χ1v) is 16.1. The fourth-order valence-electron chi connectivity index (χ4n) is 5.25. The molecule has 0 N–H and O–H groups in total. The van der Waals surface area contributed by atoms with Gasteiger partial charge in [-0.05, 0) is 72.6 Å². The molecule has 2 amide bonds. The summed E-state index contributed by atoms with van der Waals surface area (Å²) in [6, 6.07) is 16.6. The number of hydrogen-bond acceptors (Lipinski definition) is 2. The highest BCUT2D eigenvalue weighted by Gasteiger charge is 2.37. The summed E-state index contributed by atoms with van der Waals surface area (Å²) in [5.41, 5.74) is 2.23. The monoisotopic (exact) mass is 494 g/mol. The second kappa shape index (κ2) is 11.6. The third-order valence-electron chi connectivity index (χ3n) is 7.30. The Hall–Kier alpha value is -2.40. The quantitative estimate of drug-likeness (QED) is 0.375. The van der Waals surface area contributed by atoms with Gasteiger partial charge in [-0.25, -0.2) is 0 Å². The zero-order valence-corrected chi connectivity index (χ0v) is 24.7. The minimum absolute atomic E-state index is 0.0273. The summed E-state index contributed by atoms with van der Waals surface area (Å²) < 4.78 is 0. The minimum Gasteiger partial charge on any atom is -0.334 e. The van der Waals surface area contributed by atoms with Gasteiger partial charge in [0, 0.05) is 24.2 Å². The molecule has 192 valence electrons. The Kier molecular flexibility index (Phi) is 9.52. The van der Waals surface area contributed by atoms with Crippen molar-refractivity contribution in [2.24, 2.45) is 0 Å². The SMILES string of the molecule is CC(C)N(C(=O)c1cccc([C@H](C)[Si](C)(C)c2ccccc2)c1C(=O)N(C(C)C)C(C)C)C(C)C. The van der Waals surface area contributed by atoms with E-state index in [2.05, 4.69) is 50.3 Å². The lowest BCUT2D eigenvalue weighted by atomic mass is 9.95. The van der Waals surface area contributed by atoms with E-state index in [-0.39, 0.29) is 41.5 Å². The van der Waals surface area contributed by atoms with Gasteiger partial charge in [0.2, 0.25) is 0 Å². The van der Waals surface area contributed by atoms with Gasteiger partial charge in [0.1, 0.15) is 0 Å². The van der Waals surface area contributed by atoms with Crippen molar-refractivity contribution in [1.29, 1.82) is 0 Å². The van der Waals surface area contributed by atoms with Crippen LogP contribution in [0.4, 0.5) is 0 Å². The van der Waals surface area contributed by atoms with E-state index in [1.54, 1.807) is 0 Å². The van der Waals surface area contributed by atoms with Gasteiger partial charge in [0.15, 0.2) is 0 Å². The maximum Gasteiger partial charge on any atom is 0.255 e. The van der Waals surface area contributed by atoms with Crippen LogP contribution in [-0.2, 0) is 0 Å². The maximum absolute atomic E-state index is 14.3. The topological polar surface area (TPSA) is 40.6 Å². The van der Waals surface area contributed by atoms with Crippen molar-refractivity contribution < 1.29 is 9.59 Å². The smallest absolute Gasteiger partial charge is 0.255 e. The molecule has 2 rings (SSSR count). The number of benzene rings is 2. The van der Waals surface area contributed by atoms with Gasteiger partial charge in [-0.3, -0.25) is 9.59 Å². The molecule has 0 unspecified atom stereocenters. The van der Waals surface area contributed by atoms with Crippen LogP contribution in [0.3, 0.4) is 0 Å². The molecule has 0 saturated carbocycles. The molecule has 2 aromatic carbocycles. The molecule has 0 bridgehead atoms. The van der Waals surface area contributed by atoms with Crippen LogP contribution in [0, 0.1) is 0 Å². The minimum atomic E-state index is -2.01. The standard InChI is InChI=1S/C30H46N2O2Si/c1-20(2)31(21(3)4)29(33)27-19-15-18-26(28(27)30(34)32(22(5)6)23(7)8)24(9)35(10,11)25-16-13-12-14-17-25/h12-24H,1-11H3/t24-/m0/s1. The van der Waals surface area contributed by atoms with E-state index >= 15 is 0 Å². The van der Waals surface area contributed by atoms with Crippen molar-refractivity contribution in [2.45, 2.75) is 105 Å². The normalized spacial score (nSPS) is 13.0. The maximum atomic E-state index is 14.3.